The van der Waals surface area contributed by atoms with E-state index in [4.69, 9.17) is 8.85 Å². The van der Waals surface area contributed by atoms with Crippen LogP contribution in [0.1, 0.15) is 26.7 Å². The molecule has 6 nitrogen and oxygen atoms in total. The summed E-state index contributed by atoms with van der Waals surface area (Å²) in [6.07, 6.45) is 2.00. The van der Waals surface area contributed by atoms with Crippen molar-refractivity contribution in [1.82, 2.24) is 5.32 Å². The molecule has 2 aliphatic rings. The van der Waals surface area contributed by atoms with Gasteiger partial charge in [-0.2, -0.15) is 0 Å². The van der Waals surface area contributed by atoms with Gasteiger partial charge in [-0.25, -0.2) is 0 Å². The van der Waals surface area contributed by atoms with Crippen LogP contribution in [0.5, 0.6) is 0 Å². The molecule has 0 radical (unpaired) electrons. The van der Waals surface area contributed by atoms with E-state index >= 15 is 0 Å². The highest BCUT2D eigenvalue weighted by atomic mass is 32.2. The lowest BCUT2D eigenvalue weighted by Gasteiger charge is -2.29. The third kappa shape index (κ3) is 3.01. The summed E-state index contributed by atoms with van der Waals surface area (Å²) in [5.74, 6) is 0.261. The number of hydrogen-bond acceptors (Lipinski definition) is 6. The Labute approximate surface area is 111 Å². The van der Waals surface area contributed by atoms with Crippen LogP contribution in [-0.2, 0) is 19.7 Å². The van der Waals surface area contributed by atoms with Crippen LogP contribution in [0.4, 0.5) is 0 Å². The van der Waals surface area contributed by atoms with Crippen LogP contribution in [0.15, 0.2) is 0 Å². The molecule has 2 fully saturated rings. The van der Waals surface area contributed by atoms with Gasteiger partial charge in [0.1, 0.15) is 0 Å². The summed E-state index contributed by atoms with van der Waals surface area (Å²) in [4.78, 5) is 10.2. The van der Waals surface area contributed by atoms with Crippen molar-refractivity contribution in [1.29, 1.82) is 0 Å². The average molecular weight is 295 g/mol. The number of nitrogens with one attached hydrogen (secondary N) is 1. The summed E-state index contributed by atoms with van der Waals surface area (Å²) >= 11 is 0. The van der Waals surface area contributed by atoms with Crippen molar-refractivity contribution < 1.29 is 23.0 Å². The van der Waals surface area contributed by atoms with Gasteiger partial charge in [-0.05, 0) is 12.8 Å². The summed E-state index contributed by atoms with van der Waals surface area (Å²) in [5, 5.41) is 12.7. The lowest BCUT2D eigenvalue weighted by atomic mass is 10.3. The Hall–Kier alpha value is 0.167. The second-order valence-corrected chi connectivity index (χ2v) is 9.86. The molecule has 0 aromatic carbocycles. The predicted octanol–water partition coefficient (Wildman–Crippen LogP) is -0.479. The third-order valence-corrected chi connectivity index (χ3v) is 7.62. The molecular formula is C10H21NO5SSi. The van der Waals surface area contributed by atoms with Gasteiger partial charge in [-0.1, -0.05) is 13.8 Å². The van der Waals surface area contributed by atoms with Crippen molar-refractivity contribution in [3.8, 4) is 0 Å². The molecule has 0 amide bonds. The van der Waals surface area contributed by atoms with Crippen molar-refractivity contribution >= 4 is 19.6 Å². The molecule has 3 atom stereocenters. The second-order valence-electron chi connectivity index (χ2n) is 5.23. The number of aliphatic hydroxyl groups is 1. The molecule has 3 N–H and O–H groups in total. The molecular weight excluding hydrogens is 274 g/mol. The van der Waals surface area contributed by atoms with E-state index in [0.717, 1.165) is 12.8 Å². The van der Waals surface area contributed by atoms with E-state index in [0.29, 0.717) is 0 Å². The van der Waals surface area contributed by atoms with Gasteiger partial charge in [0, 0.05) is 21.6 Å². The predicted molar refractivity (Wildman–Crippen MR) is 69.1 cm³/mol. The standard InChI is InChI=1S/C10H21NO5SSi/c1-8(2)18(14)15-6-10(5-12,16-18)11-7-17(13)9-3-4-9/h8-9,11-12,14H,3-7H2,1-2H3. The second kappa shape index (κ2) is 5.27. The maximum atomic E-state index is 11.7. The highest BCUT2D eigenvalue weighted by molar-refractivity contribution is 7.85. The van der Waals surface area contributed by atoms with E-state index in [1.807, 2.05) is 13.8 Å². The van der Waals surface area contributed by atoms with Gasteiger partial charge in [0.15, 0.2) is 5.72 Å². The summed E-state index contributed by atoms with van der Waals surface area (Å²) in [5.41, 5.74) is -1.22. The summed E-state index contributed by atoms with van der Waals surface area (Å²) < 4.78 is 22.7. The number of hydrogen-bond donors (Lipinski definition) is 3. The first kappa shape index (κ1) is 14.6. The Morgan fingerprint density at radius 1 is 1.56 bits per heavy atom. The Balaban J connectivity index is 1.93. The van der Waals surface area contributed by atoms with Crippen LogP contribution >= 0.6 is 0 Å². The molecule has 1 aliphatic carbocycles. The van der Waals surface area contributed by atoms with Crippen LogP contribution in [0.25, 0.3) is 0 Å². The zero-order valence-corrected chi connectivity index (χ0v) is 12.5. The molecule has 2 rings (SSSR count). The zero-order chi connectivity index (χ0) is 13.4. The molecule has 0 bridgehead atoms. The van der Waals surface area contributed by atoms with Gasteiger partial charge in [0.05, 0.1) is 19.1 Å². The van der Waals surface area contributed by atoms with Gasteiger partial charge in [0.2, 0.25) is 0 Å². The first-order chi connectivity index (χ1) is 8.41. The molecule has 0 aromatic rings. The topological polar surface area (TPSA) is 88.0 Å². The Kier molecular flexibility index (Phi) is 4.27. The molecule has 3 unspecified atom stereocenters. The van der Waals surface area contributed by atoms with Crippen molar-refractivity contribution in [3.05, 3.63) is 0 Å². The van der Waals surface area contributed by atoms with Crippen LogP contribution in [0.2, 0.25) is 5.54 Å². The van der Waals surface area contributed by atoms with Gasteiger partial charge >= 0.3 is 8.80 Å². The van der Waals surface area contributed by atoms with E-state index in [-0.39, 0.29) is 29.9 Å². The molecule has 18 heavy (non-hydrogen) atoms. The van der Waals surface area contributed by atoms with Crippen molar-refractivity contribution in [2.24, 2.45) is 0 Å². The first-order valence-electron chi connectivity index (χ1n) is 6.20. The van der Waals surface area contributed by atoms with Gasteiger partial charge < -0.3 is 18.8 Å². The molecule has 0 aromatic heterocycles. The van der Waals surface area contributed by atoms with E-state index in [1.54, 1.807) is 0 Å². The first-order valence-corrected chi connectivity index (χ1v) is 9.43. The highest BCUT2D eigenvalue weighted by Gasteiger charge is 2.55. The molecule has 0 spiro atoms. The zero-order valence-electron chi connectivity index (χ0n) is 10.7. The van der Waals surface area contributed by atoms with E-state index in [1.165, 1.54) is 0 Å². The lowest BCUT2D eigenvalue weighted by molar-refractivity contribution is -0.0110. The van der Waals surface area contributed by atoms with Crippen LogP contribution in [-0.4, -0.2) is 53.0 Å². The van der Waals surface area contributed by atoms with E-state index < -0.39 is 25.3 Å². The highest BCUT2D eigenvalue weighted by Crippen LogP contribution is 2.32. The fourth-order valence-corrected chi connectivity index (χ4v) is 4.84. The number of rotatable bonds is 6. The quantitative estimate of drug-likeness (QED) is 0.574. The Morgan fingerprint density at radius 3 is 2.67 bits per heavy atom. The van der Waals surface area contributed by atoms with Crippen molar-refractivity contribution in [2.45, 2.75) is 43.2 Å². The minimum Gasteiger partial charge on any atom is -0.392 e. The van der Waals surface area contributed by atoms with Crippen molar-refractivity contribution in [3.63, 3.8) is 0 Å². The van der Waals surface area contributed by atoms with Gasteiger partial charge in [-0.15, -0.1) is 0 Å². The van der Waals surface area contributed by atoms with Crippen molar-refractivity contribution in [2.75, 3.05) is 19.1 Å². The molecule has 1 heterocycles. The van der Waals surface area contributed by atoms with Gasteiger partial charge in [-0.3, -0.25) is 9.53 Å². The van der Waals surface area contributed by atoms with Gasteiger partial charge in [0.25, 0.3) is 0 Å². The Bertz CT molecular complexity index is 340. The molecule has 8 heteroatoms. The SMILES string of the molecule is CC(C)[Si]1(O)OCC(CO)(NCS(=O)C2CC2)O1. The fraction of sp³-hybridized carbons (Fsp3) is 1.00. The summed E-state index contributed by atoms with van der Waals surface area (Å²) in [6.45, 7) is 3.42. The molecule has 1 aliphatic heterocycles. The van der Waals surface area contributed by atoms with E-state index in [9.17, 15) is 14.1 Å². The normalized spacial score (nSPS) is 38.3. The van der Waals surface area contributed by atoms with E-state index in [2.05, 4.69) is 5.32 Å². The molecule has 1 saturated heterocycles. The average Bonchev–Trinajstić information content (AvgIpc) is 3.12. The monoisotopic (exact) mass is 295 g/mol. The lowest BCUT2D eigenvalue weighted by Crippen LogP contribution is -2.55. The fourth-order valence-electron chi connectivity index (χ4n) is 1.72. The maximum absolute atomic E-state index is 11.7. The van der Waals surface area contributed by atoms with Crippen LogP contribution < -0.4 is 5.32 Å². The maximum Gasteiger partial charge on any atom is 0.502 e. The largest absolute Gasteiger partial charge is 0.502 e. The summed E-state index contributed by atoms with van der Waals surface area (Å²) in [6, 6.07) is 0. The van der Waals surface area contributed by atoms with Crippen LogP contribution in [0, 0.1) is 0 Å². The summed E-state index contributed by atoms with van der Waals surface area (Å²) in [7, 11) is -4.17. The Morgan fingerprint density at radius 2 is 2.22 bits per heavy atom. The minimum atomic E-state index is -3.22. The van der Waals surface area contributed by atoms with Crippen LogP contribution in [0.3, 0.4) is 0 Å². The minimum absolute atomic E-state index is 0.0896. The number of aliphatic hydroxyl groups excluding tert-OH is 1. The molecule has 1 saturated carbocycles. The smallest absolute Gasteiger partial charge is 0.392 e. The third-order valence-electron chi connectivity index (χ3n) is 3.27. The molecule has 106 valence electrons.